The fourth-order valence-corrected chi connectivity index (χ4v) is 4.32. The zero-order valence-electron chi connectivity index (χ0n) is 16.1. The van der Waals surface area contributed by atoms with E-state index in [1.807, 2.05) is 35.2 Å². The molecule has 6 heteroatoms. The number of likely N-dealkylation sites (tertiary alicyclic amines) is 1. The maximum absolute atomic E-state index is 13.1. The second-order valence-corrected chi connectivity index (χ2v) is 7.39. The summed E-state index contributed by atoms with van der Waals surface area (Å²) < 4.78 is 10.6. The molecule has 1 saturated carbocycles. The molecule has 146 valence electrons. The maximum Gasteiger partial charge on any atom is 0.254 e. The molecule has 0 spiro atoms. The van der Waals surface area contributed by atoms with Crippen molar-refractivity contribution in [2.45, 2.75) is 24.9 Å². The fraction of sp³-hybridized carbons (Fsp3) is 0.364. The van der Waals surface area contributed by atoms with E-state index in [1.165, 1.54) is 0 Å². The number of hydrogen-bond donors (Lipinski definition) is 1. The van der Waals surface area contributed by atoms with Gasteiger partial charge >= 0.3 is 0 Å². The third kappa shape index (κ3) is 3.42. The van der Waals surface area contributed by atoms with Gasteiger partial charge in [-0.1, -0.05) is 18.2 Å². The molecule has 2 aromatic rings. The Bertz CT molecular complexity index is 861. The molecule has 2 amide bonds. The van der Waals surface area contributed by atoms with Crippen molar-refractivity contribution in [1.82, 2.24) is 10.2 Å². The van der Waals surface area contributed by atoms with Crippen molar-refractivity contribution in [2.75, 3.05) is 20.8 Å². The molecule has 2 aliphatic rings. The van der Waals surface area contributed by atoms with Crippen LogP contribution in [0.1, 0.15) is 33.6 Å². The van der Waals surface area contributed by atoms with Crippen LogP contribution in [0.3, 0.4) is 0 Å². The van der Waals surface area contributed by atoms with Gasteiger partial charge in [0.05, 0.1) is 14.2 Å². The first-order valence-corrected chi connectivity index (χ1v) is 9.49. The predicted octanol–water partition coefficient (Wildman–Crippen LogP) is 2.74. The summed E-state index contributed by atoms with van der Waals surface area (Å²) in [5.74, 6) is 1.42. The van der Waals surface area contributed by atoms with Gasteiger partial charge in [-0.2, -0.15) is 0 Å². The van der Waals surface area contributed by atoms with Crippen LogP contribution >= 0.6 is 0 Å². The van der Waals surface area contributed by atoms with Crippen molar-refractivity contribution in [3.63, 3.8) is 0 Å². The van der Waals surface area contributed by atoms with Crippen molar-refractivity contribution in [3.8, 4) is 11.5 Å². The highest BCUT2D eigenvalue weighted by Gasteiger charge is 2.47. The van der Waals surface area contributed by atoms with E-state index < -0.39 is 0 Å². The minimum atomic E-state index is -0.0476. The normalized spacial score (nSPS) is 22.8. The SMILES string of the molecule is COc1cc(OC)cc(C(=O)N2CC3CC2CC3NC(=O)c2ccccc2)c1. The molecule has 4 rings (SSSR count). The van der Waals surface area contributed by atoms with Gasteiger partial charge in [-0.05, 0) is 43.0 Å². The number of ether oxygens (including phenoxy) is 2. The minimum Gasteiger partial charge on any atom is -0.497 e. The second-order valence-electron chi connectivity index (χ2n) is 7.39. The van der Waals surface area contributed by atoms with Crippen molar-refractivity contribution in [3.05, 3.63) is 59.7 Å². The van der Waals surface area contributed by atoms with Crippen LogP contribution in [-0.4, -0.2) is 49.6 Å². The van der Waals surface area contributed by atoms with Crippen LogP contribution in [0.2, 0.25) is 0 Å². The lowest BCUT2D eigenvalue weighted by Crippen LogP contribution is -2.47. The molecule has 0 aromatic heterocycles. The third-order valence-electron chi connectivity index (χ3n) is 5.75. The number of nitrogens with one attached hydrogen (secondary N) is 1. The smallest absolute Gasteiger partial charge is 0.254 e. The summed E-state index contributed by atoms with van der Waals surface area (Å²) >= 11 is 0. The Morgan fingerprint density at radius 2 is 1.64 bits per heavy atom. The summed E-state index contributed by atoms with van der Waals surface area (Å²) in [4.78, 5) is 27.4. The Kier molecular flexibility index (Phi) is 4.94. The quantitative estimate of drug-likeness (QED) is 0.866. The number of carbonyl (C=O) groups excluding carboxylic acids is 2. The maximum atomic E-state index is 13.1. The summed E-state index contributed by atoms with van der Waals surface area (Å²) in [5, 5.41) is 3.15. The van der Waals surface area contributed by atoms with Crippen LogP contribution in [0.15, 0.2) is 48.5 Å². The first-order chi connectivity index (χ1) is 13.6. The molecule has 2 aromatic carbocycles. The lowest BCUT2D eigenvalue weighted by atomic mass is 10.0. The molecule has 1 N–H and O–H groups in total. The van der Waals surface area contributed by atoms with E-state index in [4.69, 9.17) is 9.47 Å². The standard InChI is InChI=1S/C22H24N2O4/c1-27-18-9-15(10-19(12-18)28-2)22(26)24-13-16-8-17(24)11-20(16)23-21(25)14-6-4-3-5-7-14/h3-7,9-10,12,16-17,20H,8,11,13H2,1-2H3,(H,23,25). The van der Waals surface area contributed by atoms with E-state index in [9.17, 15) is 9.59 Å². The van der Waals surface area contributed by atoms with Gasteiger partial charge in [-0.25, -0.2) is 0 Å². The average molecular weight is 380 g/mol. The van der Waals surface area contributed by atoms with Crippen LogP contribution in [0.4, 0.5) is 0 Å². The molecular formula is C22H24N2O4. The molecular weight excluding hydrogens is 356 g/mol. The number of methoxy groups -OCH3 is 2. The molecule has 1 aliphatic heterocycles. The molecule has 0 radical (unpaired) electrons. The van der Waals surface area contributed by atoms with E-state index in [0.29, 0.717) is 29.2 Å². The molecule has 3 unspecified atom stereocenters. The Labute approximate surface area is 164 Å². The van der Waals surface area contributed by atoms with Crippen molar-refractivity contribution >= 4 is 11.8 Å². The summed E-state index contributed by atoms with van der Waals surface area (Å²) in [7, 11) is 3.14. The van der Waals surface area contributed by atoms with E-state index in [-0.39, 0.29) is 29.8 Å². The van der Waals surface area contributed by atoms with Gasteiger partial charge in [-0.15, -0.1) is 0 Å². The molecule has 6 nitrogen and oxygen atoms in total. The minimum absolute atomic E-state index is 0.0162. The van der Waals surface area contributed by atoms with Gasteiger partial charge in [0.25, 0.3) is 11.8 Å². The van der Waals surface area contributed by atoms with Gasteiger partial charge in [-0.3, -0.25) is 9.59 Å². The highest BCUT2D eigenvalue weighted by atomic mass is 16.5. The third-order valence-corrected chi connectivity index (χ3v) is 5.75. The molecule has 2 fully saturated rings. The number of fused-ring (bicyclic) bond motifs is 2. The topological polar surface area (TPSA) is 67.9 Å². The van der Waals surface area contributed by atoms with Crippen molar-refractivity contribution < 1.29 is 19.1 Å². The monoisotopic (exact) mass is 380 g/mol. The van der Waals surface area contributed by atoms with Crippen molar-refractivity contribution in [2.24, 2.45) is 5.92 Å². The van der Waals surface area contributed by atoms with Crippen LogP contribution in [-0.2, 0) is 0 Å². The number of hydrogen-bond acceptors (Lipinski definition) is 4. The van der Waals surface area contributed by atoms with Crippen LogP contribution < -0.4 is 14.8 Å². The first-order valence-electron chi connectivity index (χ1n) is 9.49. The zero-order valence-corrected chi connectivity index (χ0v) is 16.1. The largest absolute Gasteiger partial charge is 0.497 e. The Morgan fingerprint density at radius 3 is 2.21 bits per heavy atom. The Morgan fingerprint density at radius 1 is 0.964 bits per heavy atom. The first kappa shape index (κ1) is 18.3. The highest BCUT2D eigenvalue weighted by molar-refractivity contribution is 5.96. The lowest BCUT2D eigenvalue weighted by molar-refractivity contribution is 0.0679. The number of amides is 2. The van der Waals surface area contributed by atoms with Gasteiger partial charge in [0, 0.05) is 35.8 Å². The number of carbonyl (C=O) groups is 2. The van der Waals surface area contributed by atoms with Crippen LogP contribution in [0.25, 0.3) is 0 Å². The summed E-state index contributed by atoms with van der Waals surface area (Å²) in [6.07, 6.45) is 1.71. The summed E-state index contributed by atoms with van der Waals surface area (Å²) in [6, 6.07) is 14.7. The van der Waals surface area contributed by atoms with Crippen LogP contribution in [0, 0.1) is 5.92 Å². The number of rotatable bonds is 5. The number of nitrogens with zero attached hydrogens (tertiary/aromatic N) is 1. The van der Waals surface area contributed by atoms with E-state index in [0.717, 1.165) is 12.8 Å². The van der Waals surface area contributed by atoms with E-state index in [1.54, 1.807) is 32.4 Å². The molecule has 1 saturated heterocycles. The van der Waals surface area contributed by atoms with Gasteiger partial charge < -0.3 is 19.7 Å². The zero-order chi connectivity index (χ0) is 19.7. The van der Waals surface area contributed by atoms with E-state index in [2.05, 4.69) is 5.32 Å². The van der Waals surface area contributed by atoms with Gasteiger partial charge in [0.15, 0.2) is 0 Å². The second kappa shape index (κ2) is 7.54. The molecule has 2 bridgehead atoms. The predicted molar refractivity (Wildman–Crippen MR) is 105 cm³/mol. The van der Waals surface area contributed by atoms with Gasteiger partial charge in [0.1, 0.15) is 11.5 Å². The van der Waals surface area contributed by atoms with Crippen LogP contribution in [0.5, 0.6) is 11.5 Å². The van der Waals surface area contributed by atoms with Crippen molar-refractivity contribution in [1.29, 1.82) is 0 Å². The van der Waals surface area contributed by atoms with Gasteiger partial charge in [0.2, 0.25) is 0 Å². The Balaban J connectivity index is 1.43. The molecule has 1 heterocycles. The molecule has 1 aliphatic carbocycles. The lowest BCUT2D eigenvalue weighted by Gasteiger charge is -2.32. The number of benzene rings is 2. The van der Waals surface area contributed by atoms with E-state index >= 15 is 0 Å². The summed E-state index contributed by atoms with van der Waals surface area (Å²) in [6.45, 7) is 0.656. The average Bonchev–Trinajstić information content (AvgIpc) is 3.33. The summed E-state index contributed by atoms with van der Waals surface area (Å²) in [5.41, 5.74) is 1.23. The number of piperidine rings is 1. The molecule has 3 atom stereocenters. The fourth-order valence-electron chi connectivity index (χ4n) is 4.32. The molecule has 28 heavy (non-hydrogen) atoms. The highest BCUT2D eigenvalue weighted by Crippen LogP contribution is 2.39. The Hall–Kier alpha value is -3.02.